The molecule has 0 spiro atoms. The highest BCUT2D eigenvalue weighted by Crippen LogP contribution is 2.44. The van der Waals surface area contributed by atoms with Gasteiger partial charge in [0.2, 0.25) is 5.71 Å². The Hall–Kier alpha value is -8.54. The van der Waals surface area contributed by atoms with Gasteiger partial charge in [0.15, 0.2) is 5.82 Å². The summed E-state index contributed by atoms with van der Waals surface area (Å²) in [6.45, 7) is 0. The number of nitrogens with zero attached hydrogens (tertiary/aromatic N) is 3. The Morgan fingerprint density at radius 3 is 1.65 bits per heavy atom. The highest BCUT2D eigenvalue weighted by Gasteiger charge is 2.23. The molecule has 13 rings (SSSR count). The van der Waals surface area contributed by atoms with Gasteiger partial charge in [-0.1, -0.05) is 146 Å². The molecule has 0 amide bonds. The van der Waals surface area contributed by atoms with Crippen molar-refractivity contribution in [2.45, 2.75) is 0 Å². The van der Waals surface area contributed by atoms with Crippen molar-refractivity contribution in [3.05, 3.63) is 212 Å². The van der Waals surface area contributed by atoms with Crippen LogP contribution in [0.4, 0.5) is 0 Å². The van der Waals surface area contributed by atoms with Crippen molar-refractivity contribution in [1.82, 2.24) is 14.5 Å². The average Bonchev–Trinajstić information content (AvgIpc) is 4.03. The fraction of sp³-hybridized carbons (Fsp3) is 0. The molecule has 0 aliphatic heterocycles. The first-order valence-corrected chi connectivity index (χ1v) is 21.2. The highest BCUT2D eigenvalue weighted by atomic mass is 16.3. The van der Waals surface area contributed by atoms with Crippen molar-refractivity contribution in [3.8, 4) is 61.7 Å². The van der Waals surface area contributed by atoms with Crippen LogP contribution < -0.4 is 0 Å². The van der Waals surface area contributed by atoms with E-state index in [1.165, 1.54) is 27.4 Å². The number of hydrogen-bond acceptors (Lipinski definition) is 4. The normalized spacial score (nSPS) is 11.8. The molecule has 0 fully saturated rings. The van der Waals surface area contributed by atoms with Gasteiger partial charge < -0.3 is 13.4 Å². The van der Waals surface area contributed by atoms with E-state index in [-0.39, 0.29) is 0 Å². The summed E-state index contributed by atoms with van der Waals surface area (Å²) in [5, 5.41) is 6.32. The molecule has 5 nitrogen and oxygen atoms in total. The molecule has 0 N–H and O–H groups in total. The summed E-state index contributed by atoms with van der Waals surface area (Å²) >= 11 is 0. The zero-order valence-electron chi connectivity index (χ0n) is 33.9. The number of para-hydroxylation sites is 2. The van der Waals surface area contributed by atoms with Crippen molar-refractivity contribution in [2.75, 3.05) is 0 Å². The van der Waals surface area contributed by atoms with Crippen molar-refractivity contribution in [2.24, 2.45) is 0 Å². The van der Waals surface area contributed by atoms with Crippen LogP contribution in [0.25, 0.3) is 128 Å². The van der Waals surface area contributed by atoms with Crippen LogP contribution in [0.3, 0.4) is 0 Å². The van der Waals surface area contributed by atoms with Crippen LogP contribution >= 0.6 is 0 Å². The lowest BCUT2D eigenvalue weighted by molar-refractivity contribution is 0.653. The van der Waals surface area contributed by atoms with Gasteiger partial charge in [0.05, 0.1) is 22.1 Å². The minimum atomic E-state index is 0.546. The third kappa shape index (κ3) is 5.71. The van der Waals surface area contributed by atoms with Gasteiger partial charge in [-0.25, -0.2) is 4.98 Å². The van der Waals surface area contributed by atoms with Gasteiger partial charge in [-0.05, 0) is 100 Å². The van der Waals surface area contributed by atoms with Crippen LogP contribution in [0, 0.1) is 0 Å². The Bertz CT molecular complexity index is 3900. The van der Waals surface area contributed by atoms with Crippen LogP contribution in [0.2, 0.25) is 0 Å². The molecule has 4 heterocycles. The summed E-state index contributed by atoms with van der Waals surface area (Å²) in [5.74, 6) is 0.602. The molecular weight excluding hydrogens is 771 g/mol. The Morgan fingerprint density at radius 1 is 0.333 bits per heavy atom. The van der Waals surface area contributed by atoms with Gasteiger partial charge in [-0.3, -0.25) is 0 Å². The number of benzene rings is 9. The van der Waals surface area contributed by atoms with E-state index in [0.29, 0.717) is 11.5 Å². The fourth-order valence-corrected chi connectivity index (χ4v) is 9.49. The standard InChI is InChI=1S/C58H35N3O2/c1-4-14-36(15-5-1)40-27-31-52-48(34-40)55-56(59-57(60-58(55)63-52)37-16-6-2-7-17-37)45-23-13-25-53-54(45)47-35-42(28-30-51(47)62-53)39-19-12-18-38(32-39)41-26-29-50-46(33-41)44-22-10-11-24-49(44)61(50)43-20-8-3-9-21-43/h1-35H. The maximum atomic E-state index is 6.61. The van der Waals surface area contributed by atoms with E-state index in [9.17, 15) is 0 Å². The number of furan rings is 2. The van der Waals surface area contributed by atoms with Crippen LogP contribution in [0.5, 0.6) is 0 Å². The van der Waals surface area contributed by atoms with Crippen molar-refractivity contribution in [1.29, 1.82) is 0 Å². The molecular formula is C58H35N3O2. The quantitative estimate of drug-likeness (QED) is 0.168. The zero-order chi connectivity index (χ0) is 41.4. The van der Waals surface area contributed by atoms with E-state index in [1.807, 2.05) is 54.6 Å². The maximum Gasteiger partial charge on any atom is 0.231 e. The second-order valence-corrected chi connectivity index (χ2v) is 16.1. The third-order valence-corrected chi connectivity index (χ3v) is 12.4. The summed E-state index contributed by atoms with van der Waals surface area (Å²) in [4.78, 5) is 10.4. The molecule has 13 aromatic rings. The molecule has 63 heavy (non-hydrogen) atoms. The van der Waals surface area contributed by atoms with Gasteiger partial charge in [-0.15, -0.1) is 0 Å². The highest BCUT2D eigenvalue weighted by molar-refractivity contribution is 6.19. The number of aromatic nitrogens is 3. The smallest absolute Gasteiger partial charge is 0.231 e. The SMILES string of the molecule is c1ccc(-c2ccc3oc4nc(-c5ccccc5)nc(-c5cccc6oc7ccc(-c8cccc(-c9ccc%10c(c9)c9ccccc9n%10-c9ccccc9)c8)cc7c56)c4c3c2)cc1. The largest absolute Gasteiger partial charge is 0.456 e. The Labute approximate surface area is 361 Å². The van der Waals surface area contributed by atoms with Crippen LogP contribution in [-0.4, -0.2) is 14.5 Å². The molecule has 0 aliphatic carbocycles. The maximum absolute atomic E-state index is 6.61. The lowest BCUT2D eigenvalue weighted by Crippen LogP contribution is -1.94. The molecule has 0 saturated carbocycles. The summed E-state index contributed by atoms with van der Waals surface area (Å²) in [7, 11) is 0. The second kappa shape index (κ2) is 14.0. The molecule has 0 unspecified atom stereocenters. The molecule has 0 aliphatic rings. The van der Waals surface area contributed by atoms with E-state index in [2.05, 4.69) is 162 Å². The van der Waals surface area contributed by atoms with Crippen LogP contribution in [0.1, 0.15) is 0 Å². The zero-order valence-corrected chi connectivity index (χ0v) is 33.9. The van der Waals surface area contributed by atoms with Crippen LogP contribution in [-0.2, 0) is 0 Å². The second-order valence-electron chi connectivity index (χ2n) is 16.1. The van der Waals surface area contributed by atoms with E-state index >= 15 is 0 Å². The third-order valence-electron chi connectivity index (χ3n) is 12.4. The Balaban J connectivity index is 0.975. The topological polar surface area (TPSA) is 57.0 Å². The van der Waals surface area contributed by atoms with Crippen molar-refractivity contribution < 1.29 is 8.83 Å². The van der Waals surface area contributed by atoms with Crippen molar-refractivity contribution >= 4 is 65.8 Å². The van der Waals surface area contributed by atoms with Gasteiger partial charge in [0.1, 0.15) is 16.7 Å². The fourth-order valence-electron chi connectivity index (χ4n) is 9.49. The Morgan fingerprint density at radius 2 is 0.889 bits per heavy atom. The predicted octanol–water partition coefficient (Wildman–Crippen LogP) is 15.7. The van der Waals surface area contributed by atoms with Gasteiger partial charge >= 0.3 is 0 Å². The molecule has 0 atom stereocenters. The minimum absolute atomic E-state index is 0.546. The first-order chi connectivity index (χ1) is 31.2. The number of rotatable bonds is 6. The van der Waals surface area contributed by atoms with Crippen molar-refractivity contribution in [3.63, 3.8) is 0 Å². The predicted molar refractivity (Wildman–Crippen MR) is 258 cm³/mol. The van der Waals surface area contributed by atoms with Gasteiger partial charge in [0, 0.05) is 43.7 Å². The number of fused-ring (bicyclic) bond motifs is 9. The lowest BCUT2D eigenvalue weighted by atomic mass is 9.95. The van der Waals surface area contributed by atoms with Gasteiger partial charge in [-0.2, -0.15) is 4.98 Å². The molecule has 294 valence electrons. The van der Waals surface area contributed by atoms with E-state index in [4.69, 9.17) is 18.8 Å². The lowest BCUT2D eigenvalue weighted by Gasteiger charge is -2.10. The average molecular weight is 806 g/mol. The van der Waals surface area contributed by atoms with E-state index in [0.717, 1.165) is 88.6 Å². The van der Waals surface area contributed by atoms with Crippen LogP contribution in [0.15, 0.2) is 221 Å². The Kier molecular flexibility index (Phi) is 7.84. The summed E-state index contributed by atoms with van der Waals surface area (Å²) in [6.07, 6.45) is 0. The summed E-state index contributed by atoms with van der Waals surface area (Å²) in [5.41, 5.74) is 15.9. The minimum Gasteiger partial charge on any atom is -0.456 e. The van der Waals surface area contributed by atoms with Gasteiger partial charge in [0.25, 0.3) is 0 Å². The molecule has 4 aromatic heterocycles. The molecule has 0 radical (unpaired) electrons. The summed E-state index contributed by atoms with van der Waals surface area (Å²) < 4.78 is 15.5. The monoisotopic (exact) mass is 805 g/mol. The summed E-state index contributed by atoms with van der Waals surface area (Å²) in [6, 6.07) is 74.6. The first-order valence-electron chi connectivity index (χ1n) is 21.2. The van der Waals surface area contributed by atoms with E-state index in [1.54, 1.807) is 0 Å². The molecule has 5 heteroatoms. The number of hydrogen-bond donors (Lipinski definition) is 0. The molecule has 9 aromatic carbocycles. The molecule has 0 saturated heterocycles. The van der Waals surface area contributed by atoms with E-state index < -0.39 is 0 Å². The molecule has 0 bridgehead atoms. The first kappa shape index (κ1) is 35.2.